The highest BCUT2D eigenvalue weighted by molar-refractivity contribution is 5.49. The van der Waals surface area contributed by atoms with Crippen molar-refractivity contribution < 1.29 is 9.84 Å². The minimum atomic E-state index is 0.0244. The van der Waals surface area contributed by atoms with Gasteiger partial charge in [0.05, 0.1) is 19.3 Å². The molecular weight excluding hydrogens is 252 g/mol. The highest BCUT2D eigenvalue weighted by atomic mass is 16.5. The second-order valence-electron chi connectivity index (χ2n) is 4.36. The Morgan fingerprint density at radius 1 is 1.20 bits per heavy atom. The van der Waals surface area contributed by atoms with Gasteiger partial charge >= 0.3 is 0 Å². The highest BCUT2D eigenvalue weighted by Gasteiger charge is 2.03. The lowest BCUT2D eigenvalue weighted by atomic mass is 10.1. The standard InChI is InChI=1S/C16H16N2O2/c1-20-16-6-5-12(7-14(16)9-17)10-18-15-4-2-3-13(8-15)11-19/h2-8,18-19H,10-11H2,1H3. The van der Waals surface area contributed by atoms with Crippen molar-refractivity contribution in [3.05, 3.63) is 59.2 Å². The van der Waals surface area contributed by atoms with Gasteiger partial charge in [0.1, 0.15) is 11.8 Å². The molecular formula is C16H16N2O2. The van der Waals surface area contributed by atoms with E-state index in [1.807, 2.05) is 36.4 Å². The number of nitriles is 1. The zero-order chi connectivity index (χ0) is 14.4. The summed E-state index contributed by atoms with van der Waals surface area (Å²) in [5.74, 6) is 0.582. The van der Waals surface area contributed by atoms with Crippen LogP contribution in [0.3, 0.4) is 0 Å². The maximum atomic E-state index is 9.10. The van der Waals surface area contributed by atoms with Gasteiger partial charge in [-0.15, -0.1) is 0 Å². The number of ether oxygens (including phenoxy) is 1. The predicted octanol–water partition coefficient (Wildman–Crippen LogP) is 2.67. The number of nitrogens with one attached hydrogen (secondary N) is 1. The smallest absolute Gasteiger partial charge is 0.136 e. The van der Waals surface area contributed by atoms with Gasteiger partial charge < -0.3 is 15.2 Å². The summed E-state index contributed by atoms with van der Waals surface area (Å²) in [6.07, 6.45) is 0. The Bertz CT molecular complexity index is 633. The van der Waals surface area contributed by atoms with Gasteiger partial charge in [-0.1, -0.05) is 18.2 Å². The van der Waals surface area contributed by atoms with Crippen LogP contribution in [0.2, 0.25) is 0 Å². The van der Waals surface area contributed by atoms with E-state index in [1.54, 1.807) is 13.2 Å². The minimum absolute atomic E-state index is 0.0244. The van der Waals surface area contributed by atoms with Crippen molar-refractivity contribution in [2.75, 3.05) is 12.4 Å². The molecule has 0 spiro atoms. The number of methoxy groups -OCH3 is 1. The molecule has 4 heteroatoms. The number of hydrogen-bond acceptors (Lipinski definition) is 4. The Kier molecular flexibility index (Phi) is 4.59. The third-order valence-electron chi connectivity index (χ3n) is 2.99. The Morgan fingerprint density at radius 2 is 2.05 bits per heavy atom. The number of nitrogens with zero attached hydrogens (tertiary/aromatic N) is 1. The molecule has 0 aliphatic rings. The summed E-state index contributed by atoms with van der Waals surface area (Å²) >= 11 is 0. The van der Waals surface area contributed by atoms with Crippen LogP contribution in [0.25, 0.3) is 0 Å². The maximum absolute atomic E-state index is 9.10. The van der Waals surface area contributed by atoms with E-state index >= 15 is 0 Å². The van der Waals surface area contributed by atoms with Gasteiger partial charge in [-0.3, -0.25) is 0 Å². The van der Waals surface area contributed by atoms with Crippen molar-refractivity contribution >= 4 is 5.69 Å². The van der Waals surface area contributed by atoms with Crippen LogP contribution in [-0.2, 0) is 13.2 Å². The fourth-order valence-corrected chi connectivity index (χ4v) is 1.94. The molecule has 0 atom stereocenters. The number of hydrogen-bond donors (Lipinski definition) is 2. The summed E-state index contributed by atoms with van der Waals surface area (Å²) < 4.78 is 5.11. The van der Waals surface area contributed by atoms with Crippen LogP contribution in [0.4, 0.5) is 5.69 Å². The van der Waals surface area contributed by atoms with Crippen LogP contribution in [0.5, 0.6) is 5.75 Å². The number of rotatable bonds is 5. The molecule has 0 amide bonds. The fraction of sp³-hybridized carbons (Fsp3) is 0.188. The van der Waals surface area contributed by atoms with Crippen molar-refractivity contribution in [2.45, 2.75) is 13.2 Å². The Labute approximate surface area is 118 Å². The molecule has 0 heterocycles. The van der Waals surface area contributed by atoms with Crippen LogP contribution in [0, 0.1) is 11.3 Å². The summed E-state index contributed by atoms with van der Waals surface area (Å²) in [6.45, 7) is 0.629. The fourth-order valence-electron chi connectivity index (χ4n) is 1.94. The number of aliphatic hydroxyl groups excluding tert-OH is 1. The molecule has 2 rings (SSSR count). The average Bonchev–Trinajstić information content (AvgIpc) is 2.52. The Hall–Kier alpha value is -2.51. The Balaban J connectivity index is 2.09. The minimum Gasteiger partial charge on any atom is -0.495 e. The molecule has 20 heavy (non-hydrogen) atoms. The molecule has 0 saturated heterocycles. The third-order valence-corrected chi connectivity index (χ3v) is 2.99. The predicted molar refractivity (Wildman–Crippen MR) is 77.4 cm³/mol. The molecule has 102 valence electrons. The molecule has 2 aromatic rings. The van der Waals surface area contributed by atoms with Gasteiger partial charge in [0.2, 0.25) is 0 Å². The molecule has 0 aromatic heterocycles. The Morgan fingerprint density at radius 3 is 2.75 bits per heavy atom. The number of benzene rings is 2. The molecule has 0 unspecified atom stereocenters. The van der Waals surface area contributed by atoms with Crippen molar-refractivity contribution in [3.8, 4) is 11.8 Å². The summed E-state index contributed by atoms with van der Waals surface area (Å²) in [6, 6.07) is 15.2. The van der Waals surface area contributed by atoms with Gasteiger partial charge in [0.25, 0.3) is 0 Å². The van der Waals surface area contributed by atoms with Gasteiger partial charge in [-0.25, -0.2) is 0 Å². The molecule has 4 nitrogen and oxygen atoms in total. The van der Waals surface area contributed by atoms with E-state index in [1.165, 1.54) is 0 Å². The lowest BCUT2D eigenvalue weighted by molar-refractivity contribution is 0.282. The lowest BCUT2D eigenvalue weighted by Crippen LogP contribution is -2.01. The summed E-state index contributed by atoms with van der Waals surface area (Å²) in [5, 5.41) is 21.4. The molecule has 0 aliphatic carbocycles. The normalized spacial score (nSPS) is 9.85. The van der Waals surface area contributed by atoms with Crippen LogP contribution in [0.15, 0.2) is 42.5 Å². The first kappa shape index (κ1) is 13.9. The van der Waals surface area contributed by atoms with Gasteiger partial charge in [-0.05, 0) is 35.4 Å². The summed E-state index contributed by atoms with van der Waals surface area (Å²) in [4.78, 5) is 0. The van der Waals surface area contributed by atoms with Gasteiger partial charge in [0.15, 0.2) is 0 Å². The molecule has 0 bridgehead atoms. The summed E-state index contributed by atoms with van der Waals surface area (Å²) in [5.41, 5.74) is 3.32. The first-order valence-electron chi connectivity index (χ1n) is 6.27. The van der Waals surface area contributed by atoms with E-state index in [4.69, 9.17) is 15.1 Å². The first-order valence-corrected chi connectivity index (χ1v) is 6.27. The lowest BCUT2D eigenvalue weighted by Gasteiger charge is -2.09. The second-order valence-corrected chi connectivity index (χ2v) is 4.36. The molecule has 0 aliphatic heterocycles. The summed E-state index contributed by atoms with van der Waals surface area (Å²) in [7, 11) is 1.55. The molecule has 0 radical (unpaired) electrons. The number of anilines is 1. The maximum Gasteiger partial charge on any atom is 0.136 e. The van der Waals surface area contributed by atoms with Gasteiger partial charge in [-0.2, -0.15) is 5.26 Å². The zero-order valence-electron chi connectivity index (χ0n) is 11.3. The van der Waals surface area contributed by atoms with E-state index in [9.17, 15) is 0 Å². The van der Waals surface area contributed by atoms with Crippen molar-refractivity contribution in [1.29, 1.82) is 5.26 Å². The largest absolute Gasteiger partial charge is 0.495 e. The van der Waals surface area contributed by atoms with Gasteiger partial charge in [0, 0.05) is 12.2 Å². The van der Waals surface area contributed by atoms with E-state index < -0.39 is 0 Å². The quantitative estimate of drug-likeness (QED) is 0.875. The molecule has 2 N–H and O–H groups in total. The van der Waals surface area contributed by atoms with E-state index in [0.29, 0.717) is 17.9 Å². The van der Waals surface area contributed by atoms with Crippen LogP contribution in [-0.4, -0.2) is 12.2 Å². The van der Waals surface area contributed by atoms with Crippen molar-refractivity contribution in [3.63, 3.8) is 0 Å². The molecule has 2 aromatic carbocycles. The van der Waals surface area contributed by atoms with Crippen molar-refractivity contribution in [2.24, 2.45) is 0 Å². The molecule has 0 fully saturated rings. The monoisotopic (exact) mass is 268 g/mol. The molecule has 0 saturated carbocycles. The van der Waals surface area contributed by atoms with Crippen LogP contribution < -0.4 is 10.1 Å². The van der Waals surface area contributed by atoms with E-state index in [0.717, 1.165) is 16.8 Å². The second kappa shape index (κ2) is 6.60. The van der Waals surface area contributed by atoms with Crippen molar-refractivity contribution in [1.82, 2.24) is 0 Å². The number of aliphatic hydroxyl groups is 1. The highest BCUT2D eigenvalue weighted by Crippen LogP contribution is 2.19. The topological polar surface area (TPSA) is 65.3 Å². The SMILES string of the molecule is COc1ccc(CNc2cccc(CO)c2)cc1C#N. The van der Waals surface area contributed by atoms with E-state index in [-0.39, 0.29) is 6.61 Å². The van der Waals surface area contributed by atoms with Crippen LogP contribution in [0.1, 0.15) is 16.7 Å². The first-order chi connectivity index (χ1) is 9.76. The third kappa shape index (κ3) is 3.28. The zero-order valence-corrected chi connectivity index (χ0v) is 11.3. The van der Waals surface area contributed by atoms with Crippen LogP contribution >= 0.6 is 0 Å². The average molecular weight is 268 g/mol. The van der Waals surface area contributed by atoms with E-state index in [2.05, 4.69) is 11.4 Å².